The quantitative estimate of drug-likeness (QED) is 0.359. The summed E-state index contributed by atoms with van der Waals surface area (Å²) in [5.74, 6) is -0.416. The summed E-state index contributed by atoms with van der Waals surface area (Å²) in [4.78, 5) is 2.37. The van der Waals surface area contributed by atoms with E-state index in [1.807, 2.05) is 0 Å². The number of benzene rings is 1. The third-order valence-corrected chi connectivity index (χ3v) is 3.32. The highest BCUT2D eigenvalue weighted by molar-refractivity contribution is 5.97. The fraction of sp³-hybridized carbons (Fsp3) is 0.500. The molecule has 0 spiro atoms. The van der Waals surface area contributed by atoms with E-state index in [2.05, 4.69) is 17.0 Å². The molecule has 5 heteroatoms. The van der Waals surface area contributed by atoms with Crippen LogP contribution in [0.3, 0.4) is 0 Å². The highest BCUT2D eigenvalue weighted by Crippen LogP contribution is 2.28. The molecule has 0 atom stereocenters. The maximum absolute atomic E-state index is 13.6. The van der Waals surface area contributed by atoms with Gasteiger partial charge in [0.2, 0.25) is 0 Å². The van der Waals surface area contributed by atoms with Gasteiger partial charge in [-0.2, -0.15) is 0 Å². The average Bonchev–Trinajstić information content (AvgIpc) is 3.21. The molecule has 0 heterocycles. The minimum absolute atomic E-state index is 0.0609. The largest absolute Gasteiger partial charge is 0.409 e. The predicted molar refractivity (Wildman–Crippen MR) is 72.6 cm³/mol. The van der Waals surface area contributed by atoms with E-state index in [4.69, 9.17) is 10.9 Å². The molecule has 0 unspecified atom stereocenters. The summed E-state index contributed by atoms with van der Waals surface area (Å²) in [7, 11) is 0. The van der Waals surface area contributed by atoms with Crippen molar-refractivity contribution in [3.05, 3.63) is 35.1 Å². The Morgan fingerprint density at radius 3 is 2.79 bits per heavy atom. The van der Waals surface area contributed by atoms with Crippen LogP contribution in [0, 0.1) is 5.82 Å². The second kappa shape index (κ2) is 6.02. The van der Waals surface area contributed by atoms with Crippen molar-refractivity contribution >= 4 is 5.84 Å². The van der Waals surface area contributed by atoms with Crippen molar-refractivity contribution in [2.24, 2.45) is 10.9 Å². The third kappa shape index (κ3) is 3.67. The monoisotopic (exact) mass is 265 g/mol. The summed E-state index contributed by atoms with van der Waals surface area (Å²) < 4.78 is 13.6. The Hall–Kier alpha value is -1.62. The summed E-state index contributed by atoms with van der Waals surface area (Å²) in [6.45, 7) is 3.87. The van der Waals surface area contributed by atoms with E-state index in [1.54, 1.807) is 6.07 Å². The van der Waals surface area contributed by atoms with Crippen LogP contribution in [0.1, 0.15) is 37.3 Å². The number of nitrogens with two attached hydrogens (primary N) is 1. The van der Waals surface area contributed by atoms with Gasteiger partial charge in [-0.05, 0) is 49.6 Å². The Morgan fingerprint density at radius 2 is 2.21 bits per heavy atom. The van der Waals surface area contributed by atoms with Crippen LogP contribution in [0.25, 0.3) is 0 Å². The van der Waals surface area contributed by atoms with Crippen molar-refractivity contribution in [3.8, 4) is 0 Å². The Balaban J connectivity index is 2.16. The van der Waals surface area contributed by atoms with Crippen LogP contribution in [0.4, 0.5) is 4.39 Å². The Labute approximate surface area is 112 Å². The number of hydrogen-bond acceptors (Lipinski definition) is 3. The first kappa shape index (κ1) is 13.8. The Kier molecular flexibility index (Phi) is 4.37. The number of halogens is 1. The molecule has 0 aliphatic heterocycles. The standard InChI is InChI=1S/C14H20FN3O/c1-2-5-18(13-3-4-13)9-10-6-11(14(16)17-19)8-12(15)7-10/h6-8,13,19H,2-5,9H2,1H3,(H2,16,17). The molecule has 3 N–H and O–H groups in total. The van der Waals surface area contributed by atoms with Gasteiger partial charge in [0.15, 0.2) is 5.84 Å². The molecule has 19 heavy (non-hydrogen) atoms. The van der Waals surface area contributed by atoms with Crippen molar-refractivity contribution in [1.82, 2.24) is 4.90 Å². The van der Waals surface area contributed by atoms with E-state index in [-0.39, 0.29) is 11.7 Å². The van der Waals surface area contributed by atoms with Gasteiger partial charge in [-0.3, -0.25) is 4.90 Å². The van der Waals surface area contributed by atoms with Crippen molar-refractivity contribution in [1.29, 1.82) is 0 Å². The SMILES string of the molecule is CCCN(Cc1cc(F)cc(/C(N)=N/O)c1)C1CC1. The lowest BCUT2D eigenvalue weighted by Gasteiger charge is -2.21. The van der Waals surface area contributed by atoms with Gasteiger partial charge in [0.1, 0.15) is 5.82 Å². The van der Waals surface area contributed by atoms with Crippen molar-refractivity contribution < 1.29 is 9.60 Å². The first-order valence-electron chi connectivity index (χ1n) is 6.65. The summed E-state index contributed by atoms with van der Waals surface area (Å²) in [6, 6.07) is 5.21. The minimum atomic E-state index is -0.355. The van der Waals surface area contributed by atoms with Crippen molar-refractivity contribution in [2.45, 2.75) is 38.8 Å². The average molecular weight is 265 g/mol. The molecular formula is C14H20FN3O. The molecule has 2 rings (SSSR count). The highest BCUT2D eigenvalue weighted by atomic mass is 19.1. The molecule has 1 saturated carbocycles. The molecule has 1 aromatic carbocycles. The van der Waals surface area contributed by atoms with Crippen molar-refractivity contribution in [2.75, 3.05) is 6.54 Å². The van der Waals surface area contributed by atoms with Gasteiger partial charge in [-0.25, -0.2) is 4.39 Å². The lowest BCUT2D eigenvalue weighted by molar-refractivity contribution is 0.255. The van der Waals surface area contributed by atoms with Gasteiger partial charge in [0.05, 0.1) is 0 Å². The van der Waals surface area contributed by atoms with Crippen LogP contribution >= 0.6 is 0 Å². The topological polar surface area (TPSA) is 61.8 Å². The maximum atomic E-state index is 13.6. The zero-order valence-electron chi connectivity index (χ0n) is 11.1. The van der Waals surface area contributed by atoms with E-state index in [1.165, 1.54) is 25.0 Å². The number of rotatable bonds is 6. The Bertz CT molecular complexity index is 472. The molecule has 0 amide bonds. The Morgan fingerprint density at radius 1 is 1.47 bits per heavy atom. The second-order valence-electron chi connectivity index (χ2n) is 5.04. The van der Waals surface area contributed by atoms with E-state index < -0.39 is 0 Å². The normalized spacial score (nSPS) is 16.1. The number of hydrogen-bond donors (Lipinski definition) is 2. The second-order valence-corrected chi connectivity index (χ2v) is 5.04. The highest BCUT2D eigenvalue weighted by Gasteiger charge is 2.28. The first-order chi connectivity index (χ1) is 9.13. The molecule has 1 aliphatic rings. The lowest BCUT2D eigenvalue weighted by atomic mass is 10.1. The van der Waals surface area contributed by atoms with Gasteiger partial charge in [0, 0.05) is 18.2 Å². The van der Waals surface area contributed by atoms with Gasteiger partial charge >= 0.3 is 0 Å². The summed E-state index contributed by atoms with van der Waals surface area (Å²) in [5, 5.41) is 11.6. The van der Waals surface area contributed by atoms with E-state index in [0.29, 0.717) is 18.2 Å². The zero-order chi connectivity index (χ0) is 13.8. The molecule has 104 valence electrons. The van der Waals surface area contributed by atoms with Gasteiger partial charge in [-0.1, -0.05) is 12.1 Å². The summed E-state index contributed by atoms with van der Waals surface area (Å²) in [6.07, 6.45) is 3.53. The molecule has 1 aromatic rings. The van der Waals surface area contributed by atoms with Gasteiger partial charge in [0.25, 0.3) is 0 Å². The van der Waals surface area contributed by atoms with Crippen LogP contribution in [-0.2, 0) is 6.54 Å². The van der Waals surface area contributed by atoms with Crippen LogP contribution in [0.5, 0.6) is 0 Å². The van der Waals surface area contributed by atoms with Crippen LogP contribution in [0.15, 0.2) is 23.4 Å². The smallest absolute Gasteiger partial charge is 0.170 e. The van der Waals surface area contributed by atoms with Gasteiger partial charge in [-0.15, -0.1) is 0 Å². The minimum Gasteiger partial charge on any atom is -0.409 e. The fourth-order valence-electron chi connectivity index (χ4n) is 2.30. The fourth-order valence-corrected chi connectivity index (χ4v) is 2.30. The number of amidine groups is 1. The molecule has 0 saturated heterocycles. The van der Waals surface area contributed by atoms with Gasteiger partial charge < -0.3 is 10.9 Å². The predicted octanol–water partition coefficient (Wildman–Crippen LogP) is 2.29. The number of oxime groups is 1. The lowest BCUT2D eigenvalue weighted by Crippen LogP contribution is -2.26. The summed E-state index contributed by atoms with van der Waals surface area (Å²) >= 11 is 0. The van der Waals surface area contributed by atoms with Crippen LogP contribution in [0.2, 0.25) is 0 Å². The molecule has 1 fully saturated rings. The van der Waals surface area contributed by atoms with Crippen LogP contribution < -0.4 is 5.73 Å². The molecular weight excluding hydrogens is 245 g/mol. The first-order valence-corrected chi connectivity index (χ1v) is 6.65. The molecule has 0 aromatic heterocycles. The summed E-state index contributed by atoms with van der Waals surface area (Å²) in [5.41, 5.74) is 6.80. The van der Waals surface area contributed by atoms with Crippen LogP contribution in [-0.4, -0.2) is 28.5 Å². The molecule has 0 bridgehead atoms. The number of nitrogens with zero attached hydrogens (tertiary/aromatic N) is 2. The molecule has 4 nitrogen and oxygen atoms in total. The maximum Gasteiger partial charge on any atom is 0.170 e. The van der Waals surface area contributed by atoms with E-state index in [9.17, 15) is 4.39 Å². The van der Waals surface area contributed by atoms with E-state index in [0.717, 1.165) is 18.5 Å². The zero-order valence-corrected chi connectivity index (χ0v) is 11.1. The molecule has 0 radical (unpaired) electrons. The molecule has 1 aliphatic carbocycles. The van der Waals surface area contributed by atoms with Crippen molar-refractivity contribution in [3.63, 3.8) is 0 Å². The third-order valence-electron chi connectivity index (χ3n) is 3.32. The van der Waals surface area contributed by atoms with E-state index >= 15 is 0 Å².